The average Bonchev–Trinajstić information content (AvgIpc) is 2.63. The minimum absolute atomic E-state index is 0.240. The molecule has 0 amide bonds. The van der Waals surface area contributed by atoms with Crippen LogP contribution in [0.5, 0.6) is 0 Å². The minimum Gasteiger partial charge on any atom is -0.396 e. The van der Waals surface area contributed by atoms with Crippen LogP contribution in [0.1, 0.15) is 38.7 Å². The molecule has 2 atom stereocenters. The molecule has 5 heteroatoms. The Morgan fingerprint density at radius 1 is 1.12 bits per heavy atom. The monoisotopic (exact) mass is 362 g/mol. The van der Waals surface area contributed by atoms with Gasteiger partial charge in [0.05, 0.1) is 0 Å². The van der Waals surface area contributed by atoms with Gasteiger partial charge in [-0.2, -0.15) is 0 Å². The van der Waals surface area contributed by atoms with Gasteiger partial charge in [0.15, 0.2) is 5.96 Å². The van der Waals surface area contributed by atoms with Crippen molar-refractivity contribution in [3.63, 3.8) is 0 Å². The highest BCUT2D eigenvalue weighted by atomic mass is 16.3. The third-order valence-corrected chi connectivity index (χ3v) is 4.64. The molecule has 3 N–H and O–H groups in total. The van der Waals surface area contributed by atoms with Crippen molar-refractivity contribution < 1.29 is 5.11 Å². The molecule has 0 fully saturated rings. The molecular weight excluding hydrogens is 324 g/mol. The van der Waals surface area contributed by atoms with Crippen LogP contribution in [-0.4, -0.2) is 62.3 Å². The molecule has 1 aromatic rings. The van der Waals surface area contributed by atoms with E-state index in [1.54, 1.807) is 0 Å². The van der Waals surface area contributed by atoms with E-state index in [4.69, 9.17) is 4.99 Å². The van der Waals surface area contributed by atoms with Gasteiger partial charge >= 0.3 is 0 Å². The first-order valence-corrected chi connectivity index (χ1v) is 9.94. The Balaban J connectivity index is 2.63. The molecule has 1 aromatic carbocycles. The van der Waals surface area contributed by atoms with Crippen LogP contribution in [0.2, 0.25) is 0 Å². The molecule has 0 saturated carbocycles. The number of likely N-dealkylation sites (N-methyl/N-ethyl adjacent to an activating group) is 1. The summed E-state index contributed by atoms with van der Waals surface area (Å²) < 4.78 is 0. The van der Waals surface area contributed by atoms with Crippen molar-refractivity contribution in [2.24, 2.45) is 10.9 Å². The summed E-state index contributed by atoms with van der Waals surface area (Å²) in [7, 11) is 4.25. The minimum atomic E-state index is 0.240. The van der Waals surface area contributed by atoms with Crippen molar-refractivity contribution in [1.82, 2.24) is 15.5 Å². The van der Waals surface area contributed by atoms with Crippen LogP contribution in [0, 0.1) is 5.92 Å². The fourth-order valence-electron chi connectivity index (χ4n) is 3.02. The second kappa shape index (κ2) is 13.6. The Kier molecular flexibility index (Phi) is 11.7. The third kappa shape index (κ3) is 9.20. The molecule has 0 heterocycles. The summed E-state index contributed by atoms with van der Waals surface area (Å²) >= 11 is 0. The van der Waals surface area contributed by atoms with Gasteiger partial charge < -0.3 is 20.6 Å². The summed E-state index contributed by atoms with van der Waals surface area (Å²) in [6, 6.07) is 11.0. The van der Waals surface area contributed by atoms with E-state index in [0.717, 1.165) is 51.3 Å². The quantitative estimate of drug-likeness (QED) is 0.395. The summed E-state index contributed by atoms with van der Waals surface area (Å²) in [5, 5.41) is 16.1. The summed E-state index contributed by atoms with van der Waals surface area (Å²) in [6.07, 6.45) is 4.07. The Labute approximate surface area is 159 Å². The summed E-state index contributed by atoms with van der Waals surface area (Å²) in [4.78, 5) is 7.01. The predicted molar refractivity (Wildman–Crippen MR) is 112 cm³/mol. The lowest BCUT2D eigenvalue weighted by molar-refractivity contribution is 0.253. The van der Waals surface area contributed by atoms with Gasteiger partial charge in [0.25, 0.3) is 0 Å². The number of aliphatic hydroxyl groups excluding tert-OH is 1. The average molecular weight is 363 g/mol. The molecule has 0 aliphatic heterocycles. The topological polar surface area (TPSA) is 59.9 Å². The van der Waals surface area contributed by atoms with E-state index < -0.39 is 0 Å². The largest absolute Gasteiger partial charge is 0.396 e. The van der Waals surface area contributed by atoms with Gasteiger partial charge in [0.1, 0.15) is 0 Å². The molecule has 0 spiro atoms. The second-order valence-electron chi connectivity index (χ2n) is 7.07. The maximum absolute atomic E-state index is 9.22. The lowest BCUT2D eigenvalue weighted by Gasteiger charge is -2.26. The lowest BCUT2D eigenvalue weighted by atomic mass is 10.0. The number of benzene rings is 1. The lowest BCUT2D eigenvalue weighted by Crippen LogP contribution is -2.46. The number of guanidine groups is 1. The van der Waals surface area contributed by atoms with Gasteiger partial charge in [0.2, 0.25) is 0 Å². The fourth-order valence-corrected chi connectivity index (χ4v) is 3.02. The Morgan fingerprint density at radius 2 is 1.85 bits per heavy atom. The number of rotatable bonds is 12. The number of aliphatic hydroxyl groups is 1. The highest BCUT2D eigenvalue weighted by Gasteiger charge is 2.13. The van der Waals surface area contributed by atoms with E-state index in [1.165, 1.54) is 5.56 Å². The zero-order valence-electron chi connectivity index (χ0n) is 17.0. The van der Waals surface area contributed by atoms with E-state index >= 15 is 0 Å². The van der Waals surface area contributed by atoms with Crippen LogP contribution in [0.15, 0.2) is 35.3 Å². The molecule has 0 bridgehead atoms. The zero-order chi connectivity index (χ0) is 19.2. The summed E-state index contributed by atoms with van der Waals surface area (Å²) in [5.74, 6) is 1.32. The van der Waals surface area contributed by atoms with Crippen molar-refractivity contribution in [3.8, 4) is 0 Å². The maximum atomic E-state index is 9.22. The molecule has 0 saturated heterocycles. The number of hydrogen-bond donors (Lipinski definition) is 3. The van der Waals surface area contributed by atoms with Crippen molar-refractivity contribution in [1.29, 1.82) is 0 Å². The third-order valence-electron chi connectivity index (χ3n) is 4.64. The van der Waals surface area contributed by atoms with Crippen LogP contribution in [0.25, 0.3) is 0 Å². The van der Waals surface area contributed by atoms with Crippen LogP contribution in [-0.2, 0) is 6.42 Å². The van der Waals surface area contributed by atoms with Gasteiger partial charge in [-0.1, -0.05) is 43.7 Å². The van der Waals surface area contributed by atoms with E-state index in [1.807, 2.05) is 0 Å². The molecule has 0 aliphatic carbocycles. The predicted octanol–water partition coefficient (Wildman–Crippen LogP) is 2.51. The maximum Gasteiger partial charge on any atom is 0.191 e. The summed E-state index contributed by atoms with van der Waals surface area (Å²) in [6.45, 7) is 6.95. The first-order valence-electron chi connectivity index (χ1n) is 9.94. The Bertz CT molecular complexity index is 484. The van der Waals surface area contributed by atoms with Crippen molar-refractivity contribution in [2.45, 2.75) is 45.6 Å². The number of nitrogens with zero attached hydrogens (tertiary/aromatic N) is 2. The van der Waals surface area contributed by atoms with Crippen LogP contribution >= 0.6 is 0 Å². The van der Waals surface area contributed by atoms with Gasteiger partial charge in [0, 0.05) is 32.3 Å². The van der Waals surface area contributed by atoms with Gasteiger partial charge in [-0.3, -0.25) is 4.99 Å². The molecule has 5 nitrogen and oxygen atoms in total. The van der Waals surface area contributed by atoms with Crippen LogP contribution in [0.4, 0.5) is 0 Å². The molecule has 148 valence electrons. The highest BCUT2D eigenvalue weighted by molar-refractivity contribution is 5.79. The number of aliphatic imine (C=N–C) groups is 1. The molecule has 2 unspecified atom stereocenters. The molecule has 1 rings (SSSR count). The normalized spacial score (nSPS) is 14.3. The molecule has 0 aliphatic rings. The van der Waals surface area contributed by atoms with Crippen molar-refractivity contribution in [3.05, 3.63) is 35.9 Å². The van der Waals surface area contributed by atoms with Crippen LogP contribution < -0.4 is 10.6 Å². The smallest absolute Gasteiger partial charge is 0.191 e. The van der Waals surface area contributed by atoms with E-state index in [2.05, 4.69) is 73.8 Å². The van der Waals surface area contributed by atoms with Gasteiger partial charge in [-0.05, 0) is 51.8 Å². The first kappa shape index (κ1) is 22.5. The highest BCUT2D eigenvalue weighted by Crippen LogP contribution is 2.11. The summed E-state index contributed by atoms with van der Waals surface area (Å²) in [5.41, 5.74) is 1.35. The molecular formula is C21H38N4O. The Hall–Kier alpha value is -1.59. The van der Waals surface area contributed by atoms with E-state index in [0.29, 0.717) is 12.0 Å². The standard InChI is InChI=1S/C21H38N4O/c1-5-10-19(13-14-26)16-23-21(22-6-2)24-17-20(25(3)4)15-18-11-8-7-9-12-18/h7-9,11-12,19-20,26H,5-6,10,13-17H2,1-4H3,(H2,22,23,24). The van der Waals surface area contributed by atoms with E-state index in [9.17, 15) is 5.11 Å². The van der Waals surface area contributed by atoms with Crippen LogP contribution in [0.3, 0.4) is 0 Å². The zero-order valence-corrected chi connectivity index (χ0v) is 17.0. The second-order valence-corrected chi connectivity index (χ2v) is 7.07. The number of hydrogen-bond acceptors (Lipinski definition) is 3. The first-order chi connectivity index (χ1) is 12.6. The molecule has 0 radical (unpaired) electrons. The molecule has 26 heavy (non-hydrogen) atoms. The Morgan fingerprint density at radius 3 is 2.42 bits per heavy atom. The SMILES string of the molecule is CCCC(CCO)CN=C(NCC)NCC(Cc1ccccc1)N(C)C. The van der Waals surface area contributed by atoms with Crippen molar-refractivity contribution >= 4 is 5.96 Å². The number of nitrogens with one attached hydrogen (secondary N) is 2. The van der Waals surface area contributed by atoms with Gasteiger partial charge in [-0.15, -0.1) is 0 Å². The van der Waals surface area contributed by atoms with Crippen molar-refractivity contribution in [2.75, 3.05) is 40.3 Å². The van der Waals surface area contributed by atoms with E-state index in [-0.39, 0.29) is 6.61 Å². The van der Waals surface area contributed by atoms with Gasteiger partial charge in [-0.25, -0.2) is 0 Å². The fraction of sp³-hybridized carbons (Fsp3) is 0.667. The molecule has 0 aromatic heterocycles.